The Labute approximate surface area is 109 Å². The largest absolute Gasteiger partial charge is 0.382 e. The lowest BCUT2D eigenvalue weighted by atomic mass is 10.2. The van der Waals surface area contributed by atoms with Gasteiger partial charge in [0.05, 0.1) is 11.6 Å². The third kappa shape index (κ3) is 2.19. The maximum atomic E-state index is 8.74. The van der Waals surface area contributed by atoms with Gasteiger partial charge in [0.2, 0.25) is 0 Å². The van der Waals surface area contributed by atoms with E-state index in [4.69, 9.17) is 22.6 Å². The molecule has 90 valence electrons. The highest BCUT2D eigenvalue weighted by Gasteiger charge is 2.12. The fraction of sp³-hybridized carbons (Fsp3) is 0.0833. The number of rotatable bonds is 2. The molecule has 0 saturated carbocycles. The lowest BCUT2D eigenvalue weighted by molar-refractivity contribution is 1.08. The van der Waals surface area contributed by atoms with Gasteiger partial charge in [0.1, 0.15) is 17.2 Å². The first-order valence-electron chi connectivity index (χ1n) is 5.13. The molecule has 2 N–H and O–H groups in total. The Balaban J connectivity index is 2.38. The van der Waals surface area contributed by atoms with Crippen molar-refractivity contribution in [1.82, 2.24) is 9.97 Å². The van der Waals surface area contributed by atoms with Gasteiger partial charge in [-0.25, -0.2) is 9.97 Å². The van der Waals surface area contributed by atoms with Crippen molar-refractivity contribution in [3.8, 4) is 6.07 Å². The molecule has 0 aliphatic rings. The Kier molecular flexibility index (Phi) is 3.31. The molecule has 2 aromatic rings. The number of nitrogens with two attached hydrogens (primary N) is 1. The fourth-order valence-electron chi connectivity index (χ4n) is 1.49. The van der Waals surface area contributed by atoms with Gasteiger partial charge in [0.15, 0.2) is 5.82 Å². The van der Waals surface area contributed by atoms with E-state index < -0.39 is 0 Å². The molecule has 1 aromatic heterocycles. The molecule has 0 aliphatic carbocycles. The van der Waals surface area contributed by atoms with Crippen molar-refractivity contribution in [2.24, 2.45) is 0 Å². The van der Waals surface area contributed by atoms with E-state index in [1.54, 1.807) is 17.0 Å². The minimum absolute atomic E-state index is 0.238. The Bertz CT molecular complexity index is 603. The van der Waals surface area contributed by atoms with E-state index in [0.29, 0.717) is 16.4 Å². The topological polar surface area (TPSA) is 78.8 Å². The number of hydrogen-bond acceptors (Lipinski definition) is 5. The number of halogens is 1. The zero-order valence-corrected chi connectivity index (χ0v) is 10.4. The number of anilines is 3. The molecule has 0 bridgehead atoms. The molecule has 0 aliphatic heterocycles. The average Bonchev–Trinajstić information content (AvgIpc) is 2.41. The maximum Gasteiger partial charge on any atom is 0.157 e. The van der Waals surface area contributed by atoms with Crippen LogP contribution in [0.5, 0.6) is 0 Å². The van der Waals surface area contributed by atoms with Gasteiger partial charge in [0.25, 0.3) is 0 Å². The van der Waals surface area contributed by atoms with Gasteiger partial charge in [-0.05, 0) is 24.3 Å². The Hall–Kier alpha value is -2.32. The van der Waals surface area contributed by atoms with Crippen molar-refractivity contribution in [1.29, 1.82) is 5.26 Å². The van der Waals surface area contributed by atoms with Crippen LogP contribution in [0.15, 0.2) is 30.6 Å². The average molecular weight is 260 g/mol. The standard InChI is InChI=1S/C12H10ClN5/c1-18(9-4-2-8(6-14)3-5-9)12-10(13)11(15)16-7-17-12/h2-5,7H,1H3,(H2,15,16,17). The zero-order valence-electron chi connectivity index (χ0n) is 9.63. The van der Waals surface area contributed by atoms with E-state index in [1.807, 2.05) is 19.2 Å². The molecule has 0 amide bonds. The Morgan fingerprint density at radius 1 is 1.28 bits per heavy atom. The molecule has 0 atom stereocenters. The Morgan fingerprint density at radius 3 is 2.56 bits per heavy atom. The van der Waals surface area contributed by atoms with Crippen LogP contribution in [-0.2, 0) is 0 Å². The second-order valence-electron chi connectivity index (χ2n) is 3.61. The van der Waals surface area contributed by atoms with E-state index in [-0.39, 0.29) is 5.82 Å². The van der Waals surface area contributed by atoms with Crippen LogP contribution in [0.4, 0.5) is 17.3 Å². The van der Waals surface area contributed by atoms with E-state index in [2.05, 4.69) is 16.0 Å². The highest BCUT2D eigenvalue weighted by Crippen LogP contribution is 2.30. The van der Waals surface area contributed by atoms with E-state index in [0.717, 1.165) is 5.69 Å². The molecule has 18 heavy (non-hydrogen) atoms. The maximum absolute atomic E-state index is 8.74. The molecule has 5 nitrogen and oxygen atoms in total. The van der Waals surface area contributed by atoms with Gasteiger partial charge in [-0.1, -0.05) is 11.6 Å². The zero-order chi connectivity index (χ0) is 13.1. The van der Waals surface area contributed by atoms with Crippen molar-refractivity contribution in [2.75, 3.05) is 17.7 Å². The number of aromatic nitrogens is 2. The number of hydrogen-bond donors (Lipinski definition) is 1. The molecule has 1 heterocycles. The van der Waals surface area contributed by atoms with Gasteiger partial charge in [-0.15, -0.1) is 0 Å². The number of nitriles is 1. The van der Waals surface area contributed by atoms with Crippen LogP contribution in [0.3, 0.4) is 0 Å². The lowest BCUT2D eigenvalue weighted by Crippen LogP contribution is -2.13. The molecule has 2 rings (SSSR count). The summed E-state index contributed by atoms with van der Waals surface area (Å²) < 4.78 is 0. The van der Waals surface area contributed by atoms with Crippen LogP contribution in [-0.4, -0.2) is 17.0 Å². The Morgan fingerprint density at radius 2 is 1.94 bits per heavy atom. The van der Waals surface area contributed by atoms with Gasteiger partial charge < -0.3 is 10.6 Å². The predicted molar refractivity (Wildman–Crippen MR) is 70.7 cm³/mol. The van der Waals surface area contributed by atoms with Crippen molar-refractivity contribution in [2.45, 2.75) is 0 Å². The summed E-state index contributed by atoms with van der Waals surface area (Å²) in [4.78, 5) is 9.68. The minimum Gasteiger partial charge on any atom is -0.382 e. The van der Waals surface area contributed by atoms with Crippen molar-refractivity contribution >= 4 is 28.9 Å². The monoisotopic (exact) mass is 259 g/mol. The van der Waals surface area contributed by atoms with Crippen molar-refractivity contribution in [3.63, 3.8) is 0 Å². The highest BCUT2D eigenvalue weighted by molar-refractivity contribution is 6.35. The third-order valence-electron chi connectivity index (χ3n) is 2.50. The van der Waals surface area contributed by atoms with Gasteiger partial charge >= 0.3 is 0 Å². The normalized spacial score (nSPS) is 9.83. The number of nitrogens with zero attached hydrogens (tertiary/aromatic N) is 4. The molecule has 0 spiro atoms. The van der Waals surface area contributed by atoms with Crippen LogP contribution in [0, 0.1) is 11.3 Å². The van der Waals surface area contributed by atoms with Crippen molar-refractivity contribution < 1.29 is 0 Å². The van der Waals surface area contributed by atoms with E-state index >= 15 is 0 Å². The molecule has 0 radical (unpaired) electrons. The van der Waals surface area contributed by atoms with Gasteiger partial charge in [-0.2, -0.15) is 5.26 Å². The summed E-state index contributed by atoms with van der Waals surface area (Å²) in [5.41, 5.74) is 7.08. The summed E-state index contributed by atoms with van der Waals surface area (Å²) in [5, 5.41) is 9.05. The molecule has 6 heteroatoms. The van der Waals surface area contributed by atoms with Crippen LogP contribution in [0.2, 0.25) is 5.02 Å². The number of benzene rings is 1. The first kappa shape index (κ1) is 12.1. The predicted octanol–water partition coefficient (Wildman–Crippen LogP) is 2.35. The summed E-state index contributed by atoms with van der Waals surface area (Å²) >= 11 is 6.05. The van der Waals surface area contributed by atoms with E-state index in [1.165, 1.54) is 6.33 Å². The summed E-state index contributed by atoms with van der Waals surface area (Å²) in [5.74, 6) is 0.760. The molecular weight excluding hydrogens is 250 g/mol. The second kappa shape index (κ2) is 4.90. The van der Waals surface area contributed by atoms with Crippen LogP contribution in [0.25, 0.3) is 0 Å². The fourth-order valence-corrected chi connectivity index (χ4v) is 1.71. The summed E-state index contributed by atoms with van der Waals surface area (Å²) in [6.45, 7) is 0. The summed E-state index contributed by atoms with van der Waals surface area (Å²) in [6, 6.07) is 9.14. The van der Waals surface area contributed by atoms with E-state index in [9.17, 15) is 0 Å². The highest BCUT2D eigenvalue weighted by atomic mass is 35.5. The first-order valence-corrected chi connectivity index (χ1v) is 5.51. The molecule has 0 unspecified atom stereocenters. The van der Waals surface area contributed by atoms with Crippen LogP contribution >= 0.6 is 11.6 Å². The molecule has 0 fully saturated rings. The first-order chi connectivity index (χ1) is 8.63. The SMILES string of the molecule is CN(c1ccc(C#N)cc1)c1ncnc(N)c1Cl. The van der Waals surface area contributed by atoms with Crippen LogP contribution in [0.1, 0.15) is 5.56 Å². The lowest BCUT2D eigenvalue weighted by Gasteiger charge is -2.19. The minimum atomic E-state index is 0.238. The van der Waals surface area contributed by atoms with Crippen LogP contribution < -0.4 is 10.6 Å². The molecule has 0 saturated heterocycles. The third-order valence-corrected chi connectivity index (χ3v) is 2.86. The van der Waals surface area contributed by atoms with Gasteiger partial charge in [0, 0.05) is 12.7 Å². The van der Waals surface area contributed by atoms with Crippen molar-refractivity contribution in [3.05, 3.63) is 41.2 Å². The number of nitrogen functional groups attached to an aromatic ring is 1. The molecule has 1 aromatic carbocycles. The molecular formula is C12H10ClN5. The second-order valence-corrected chi connectivity index (χ2v) is 3.99. The summed E-state index contributed by atoms with van der Waals surface area (Å²) in [6.07, 6.45) is 1.36. The quantitative estimate of drug-likeness (QED) is 0.896. The summed E-state index contributed by atoms with van der Waals surface area (Å²) in [7, 11) is 1.81. The van der Waals surface area contributed by atoms with Gasteiger partial charge in [-0.3, -0.25) is 0 Å². The smallest absolute Gasteiger partial charge is 0.157 e.